The van der Waals surface area contributed by atoms with Crippen LogP contribution < -0.4 is 5.32 Å². The Balaban J connectivity index is 1.92. The lowest BCUT2D eigenvalue weighted by molar-refractivity contribution is -0.121. The summed E-state index contributed by atoms with van der Waals surface area (Å²) in [5, 5.41) is 3.47. The summed E-state index contributed by atoms with van der Waals surface area (Å²) >= 11 is 0. The fourth-order valence-corrected chi connectivity index (χ4v) is 3.32. The van der Waals surface area contributed by atoms with Crippen molar-refractivity contribution in [2.45, 2.75) is 50.9 Å². The molecule has 0 radical (unpaired) electrons. The Hall–Kier alpha value is -1.31. The van der Waals surface area contributed by atoms with Crippen molar-refractivity contribution in [3.63, 3.8) is 0 Å². The van der Waals surface area contributed by atoms with Crippen LogP contribution in [0.2, 0.25) is 0 Å². The third-order valence-electron chi connectivity index (χ3n) is 4.31. The SMILES string of the molecule is O=C1CCCCCC[C@@H]1c1cccc2c1NCC2. The average molecular weight is 243 g/mol. The van der Waals surface area contributed by atoms with E-state index in [1.54, 1.807) is 0 Å². The van der Waals surface area contributed by atoms with Crippen molar-refractivity contribution >= 4 is 11.5 Å². The highest BCUT2D eigenvalue weighted by Gasteiger charge is 2.26. The van der Waals surface area contributed by atoms with Gasteiger partial charge in [0.25, 0.3) is 0 Å². The van der Waals surface area contributed by atoms with Gasteiger partial charge in [0.2, 0.25) is 0 Å². The molecule has 0 saturated heterocycles. The van der Waals surface area contributed by atoms with Gasteiger partial charge in [0.15, 0.2) is 0 Å². The van der Waals surface area contributed by atoms with E-state index in [4.69, 9.17) is 0 Å². The second-order valence-electron chi connectivity index (χ2n) is 5.53. The first-order valence-corrected chi connectivity index (χ1v) is 7.24. The third kappa shape index (κ3) is 2.16. The Morgan fingerprint density at radius 3 is 2.89 bits per heavy atom. The van der Waals surface area contributed by atoms with Crippen molar-refractivity contribution in [1.29, 1.82) is 0 Å². The molecule has 2 aliphatic rings. The smallest absolute Gasteiger partial charge is 0.140 e. The Bertz CT molecular complexity index is 452. The number of carbonyl (C=O) groups is 1. The fraction of sp³-hybridized carbons (Fsp3) is 0.562. The fourth-order valence-electron chi connectivity index (χ4n) is 3.32. The molecule has 1 heterocycles. The number of hydrogen-bond acceptors (Lipinski definition) is 2. The number of para-hydroxylation sites is 1. The molecule has 1 aromatic rings. The first-order valence-electron chi connectivity index (χ1n) is 7.24. The van der Waals surface area contributed by atoms with Crippen LogP contribution in [0.4, 0.5) is 5.69 Å². The predicted molar refractivity (Wildman–Crippen MR) is 74.1 cm³/mol. The molecule has 2 nitrogen and oxygen atoms in total. The van der Waals surface area contributed by atoms with Gasteiger partial charge < -0.3 is 5.32 Å². The van der Waals surface area contributed by atoms with Crippen molar-refractivity contribution < 1.29 is 4.79 Å². The molecule has 1 saturated carbocycles. The first kappa shape index (κ1) is 11.8. The van der Waals surface area contributed by atoms with Crippen molar-refractivity contribution in [3.05, 3.63) is 29.3 Å². The molecule has 2 heteroatoms. The summed E-state index contributed by atoms with van der Waals surface area (Å²) in [6.07, 6.45) is 7.70. The van der Waals surface area contributed by atoms with Crippen LogP contribution in [0.5, 0.6) is 0 Å². The normalized spacial score (nSPS) is 24.0. The van der Waals surface area contributed by atoms with Crippen molar-refractivity contribution in [2.24, 2.45) is 0 Å². The molecule has 0 bridgehead atoms. The molecule has 1 aromatic carbocycles. The van der Waals surface area contributed by atoms with E-state index in [0.717, 1.165) is 32.2 Å². The number of hydrogen-bond donors (Lipinski definition) is 1. The van der Waals surface area contributed by atoms with E-state index < -0.39 is 0 Å². The molecule has 18 heavy (non-hydrogen) atoms. The van der Waals surface area contributed by atoms with Crippen LogP contribution in [-0.4, -0.2) is 12.3 Å². The van der Waals surface area contributed by atoms with Gasteiger partial charge in [-0.05, 0) is 30.4 Å². The van der Waals surface area contributed by atoms with Crippen molar-refractivity contribution in [1.82, 2.24) is 0 Å². The monoisotopic (exact) mass is 243 g/mol. The van der Waals surface area contributed by atoms with E-state index in [1.165, 1.54) is 36.1 Å². The van der Waals surface area contributed by atoms with Crippen molar-refractivity contribution in [3.8, 4) is 0 Å². The second kappa shape index (κ2) is 5.13. The zero-order valence-corrected chi connectivity index (χ0v) is 10.9. The average Bonchev–Trinajstić information content (AvgIpc) is 2.83. The number of carbonyl (C=O) groups excluding carboxylic acids is 1. The molecule has 3 rings (SSSR count). The van der Waals surface area contributed by atoms with Crippen LogP contribution in [-0.2, 0) is 11.2 Å². The minimum Gasteiger partial charge on any atom is -0.384 e. The van der Waals surface area contributed by atoms with Gasteiger partial charge in [-0.1, -0.05) is 37.5 Å². The predicted octanol–water partition coefficient (Wildman–Crippen LogP) is 3.66. The maximum Gasteiger partial charge on any atom is 0.140 e. The number of fused-ring (bicyclic) bond motifs is 1. The molecule has 1 aliphatic carbocycles. The van der Waals surface area contributed by atoms with Gasteiger partial charge in [-0.3, -0.25) is 4.79 Å². The molecule has 0 unspecified atom stereocenters. The molecule has 0 aromatic heterocycles. The Kier molecular flexibility index (Phi) is 3.35. The molecule has 1 aliphatic heterocycles. The van der Waals surface area contributed by atoms with Gasteiger partial charge in [-0.15, -0.1) is 0 Å². The quantitative estimate of drug-likeness (QED) is 0.815. The molecule has 0 amide bonds. The van der Waals surface area contributed by atoms with Gasteiger partial charge in [-0.25, -0.2) is 0 Å². The van der Waals surface area contributed by atoms with Crippen LogP contribution in [0.15, 0.2) is 18.2 Å². The molecule has 96 valence electrons. The summed E-state index contributed by atoms with van der Waals surface area (Å²) in [7, 11) is 0. The molecular formula is C16H21NO. The topological polar surface area (TPSA) is 29.1 Å². The van der Waals surface area contributed by atoms with Crippen LogP contribution in [0.1, 0.15) is 55.6 Å². The summed E-state index contributed by atoms with van der Waals surface area (Å²) < 4.78 is 0. The summed E-state index contributed by atoms with van der Waals surface area (Å²) in [4.78, 5) is 12.3. The number of ketones is 1. The van der Waals surface area contributed by atoms with Gasteiger partial charge >= 0.3 is 0 Å². The van der Waals surface area contributed by atoms with Crippen LogP contribution in [0.25, 0.3) is 0 Å². The van der Waals surface area contributed by atoms with Gasteiger partial charge in [0.05, 0.1) is 0 Å². The van der Waals surface area contributed by atoms with Gasteiger partial charge in [-0.2, -0.15) is 0 Å². The summed E-state index contributed by atoms with van der Waals surface area (Å²) in [6.45, 7) is 1.02. The van der Waals surface area contributed by atoms with E-state index in [0.29, 0.717) is 5.78 Å². The minimum absolute atomic E-state index is 0.144. The lowest BCUT2D eigenvalue weighted by atomic mass is 9.83. The lowest BCUT2D eigenvalue weighted by Crippen LogP contribution is -2.15. The highest BCUT2D eigenvalue weighted by Crippen LogP contribution is 2.36. The zero-order chi connectivity index (χ0) is 12.4. The van der Waals surface area contributed by atoms with Gasteiger partial charge in [0, 0.05) is 24.6 Å². The summed E-state index contributed by atoms with van der Waals surface area (Å²) in [5.41, 5.74) is 3.91. The van der Waals surface area contributed by atoms with E-state index >= 15 is 0 Å². The Morgan fingerprint density at radius 1 is 1.06 bits per heavy atom. The molecule has 0 spiro atoms. The highest BCUT2D eigenvalue weighted by molar-refractivity contribution is 5.88. The Labute approximate surface area is 109 Å². The lowest BCUT2D eigenvalue weighted by Gasteiger charge is -2.21. The van der Waals surface area contributed by atoms with Gasteiger partial charge in [0.1, 0.15) is 5.78 Å². The van der Waals surface area contributed by atoms with E-state index in [-0.39, 0.29) is 5.92 Å². The highest BCUT2D eigenvalue weighted by atomic mass is 16.1. The standard InChI is InChI=1S/C16H21NO/c18-15-9-4-2-1-3-7-13(15)14-8-5-6-12-10-11-17-16(12)14/h5-6,8,13,17H,1-4,7,9-11H2/t13-/m1/s1. The number of nitrogens with one attached hydrogen (secondary N) is 1. The summed E-state index contributed by atoms with van der Waals surface area (Å²) in [6, 6.07) is 6.46. The van der Waals surface area contributed by atoms with Crippen LogP contribution in [0.3, 0.4) is 0 Å². The van der Waals surface area contributed by atoms with E-state index in [9.17, 15) is 4.79 Å². The minimum atomic E-state index is 0.144. The molecule has 1 fully saturated rings. The first-order chi connectivity index (χ1) is 8.86. The number of Topliss-reactive ketones (excluding diaryl/α,β-unsaturated/α-hetero) is 1. The maximum atomic E-state index is 12.3. The maximum absolute atomic E-state index is 12.3. The third-order valence-corrected chi connectivity index (χ3v) is 4.31. The zero-order valence-electron chi connectivity index (χ0n) is 10.9. The summed E-state index contributed by atoms with van der Waals surface area (Å²) in [5.74, 6) is 0.600. The Morgan fingerprint density at radius 2 is 1.94 bits per heavy atom. The molecule has 1 N–H and O–H groups in total. The van der Waals surface area contributed by atoms with E-state index in [1.807, 2.05) is 0 Å². The second-order valence-corrected chi connectivity index (χ2v) is 5.53. The number of rotatable bonds is 1. The van der Waals surface area contributed by atoms with Crippen molar-refractivity contribution in [2.75, 3.05) is 11.9 Å². The molecule has 1 atom stereocenters. The number of anilines is 1. The number of benzene rings is 1. The largest absolute Gasteiger partial charge is 0.384 e. The van der Waals surface area contributed by atoms with E-state index in [2.05, 4.69) is 23.5 Å². The van der Waals surface area contributed by atoms with Crippen LogP contribution in [0, 0.1) is 0 Å². The molecular weight excluding hydrogens is 222 g/mol. The van der Waals surface area contributed by atoms with Crippen LogP contribution >= 0.6 is 0 Å².